The maximum atomic E-state index is 11.8. The molecule has 0 amide bonds. The van der Waals surface area contributed by atoms with E-state index in [1.54, 1.807) is 12.4 Å². The first kappa shape index (κ1) is 26.6. The molecule has 2 aliphatic rings. The molecule has 1 aliphatic heterocycles. The van der Waals surface area contributed by atoms with Crippen molar-refractivity contribution in [3.8, 4) is 22.8 Å². The summed E-state index contributed by atoms with van der Waals surface area (Å²) in [5, 5.41) is 4.41. The van der Waals surface area contributed by atoms with E-state index in [0.29, 0.717) is 22.3 Å². The molecule has 11 heteroatoms. The van der Waals surface area contributed by atoms with Crippen LogP contribution in [-0.4, -0.2) is 60.2 Å². The molecular formula is C29H35ClN8O2. The Bertz CT molecular complexity index is 1600. The largest absolute Gasteiger partial charge is 0.439 e. The number of halogens is 1. The number of rotatable bonds is 6. The zero-order chi connectivity index (χ0) is 28.0. The van der Waals surface area contributed by atoms with Crippen molar-refractivity contribution in [3.05, 3.63) is 52.4 Å². The second kappa shape index (κ2) is 10.7. The summed E-state index contributed by atoms with van der Waals surface area (Å²) in [6.45, 7) is 14.3. The summed E-state index contributed by atoms with van der Waals surface area (Å²) in [6, 6.07) is 3.98. The van der Waals surface area contributed by atoms with Crippen molar-refractivity contribution in [3.63, 3.8) is 0 Å². The SMILES string of the molecule is C=C(C)N1CCN(c2nc3cc(-c4noc(=O)[nH]4)nc(-c4cncc(Cl)c4)c3n2CC2CCC(C)CC2)[C@H](C)C1. The first-order valence-electron chi connectivity index (χ1n) is 14.0. The van der Waals surface area contributed by atoms with Crippen molar-refractivity contribution < 1.29 is 4.52 Å². The Morgan fingerprint density at radius 2 is 1.95 bits per heavy atom. The van der Waals surface area contributed by atoms with Crippen LogP contribution in [-0.2, 0) is 6.54 Å². The zero-order valence-electron chi connectivity index (χ0n) is 23.2. The first-order valence-corrected chi connectivity index (χ1v) is 14.4. The topological polar surface area (TPSA) is 109 Å². The highest BCUT2D eigenvalue weighted by atomic mass is 35.5. The maximum Gasteiger partial charge on any atom is 0.439 e. The molecule has 6 rings (SSSR count). The number of aromatic nitrogens is 6. The highest BCUT2D eigenvalue weighted by molar-refractivity contribution is 6.30. The molecule has 1 atom stereocenters. The van der Waals surface area contributed by atoms with Gasteiger partial charge in [-0.15, -0.1) is 0 Å². The average molecular weight is 563 g/mol. The lowest BCUT2D eigenvalue weighted by Crippen LogP contribution is -2.52. The van der Waals surface area contributed by atoms with Gasteiger partial charge in [-0.05, 0) is 50.7 Å². The fraction of sp³-hybridized carbons (Fsp3) is 0.483. The molecule has 0 bridgehead atoms. The molecule has 0 spiro atoms. The lowest BCUT2D eigenvalue weighted by molar-refractivity contribution is 0.261. The van der Waals surface area contributed by atoms with E-state index >= 15 is 0 Å². The minimum Gasteiger partial charge on any atom is -0.372 e. The van der Waals surface area contributed by atoms with Crippen LogP contribution in [0.1, 0.15) is 46.5 Å². The minimum atomic E-state index is -0.634. The van der Waals surface area contributed by atoms with Gasteiger partial charge in [-0.1, -0.05) is 43.1 Å². The van der Waals surface area contributed by atoms with Gasteiger partial charge in [-0.3, -0.25) is 14.5 Å². The standard InChI is InChI=1S/C29H35ClN8O2/c1-17(2)36-9-10-37(19(4)15-36)28-33-23-12-24(27-34-29(39)40-35-27)32-25(21-11-22(30)14-31-13-21)26(23)38(28)16-20-7-5-18(3)6-8-20/h11-14,18-20H,1,5-10,15-16H2,2-4H3,(H,34,35,39)/t18?,19-,20?/m1/s1. The number of nitrogens with zero attached hydrogens (tertiary/aromatic N) is 7. The molecule has 0 radical (unpaired) electrons. The summed E-state index contributed by atoms with van der Waals surface area (Å²) in [5.74, 6) is 1.88. The van der Waals surface area contributed by atoms with Gasteiger partial charge in [-0.25, -0.2) is 14.8 Å². The Morgan fingerprint density at radius 1 is 1.15 bits per heavy atom. The van der Waals surface area contributed by atoms with Crippen molar-refractivity contribution >= 4 is 28.6 Å². The number of anilines is 1. The normalized spacial score (nSPS) is 21.8. The third-order valence-corrected chi connectivity index (χ3v) is 8.57. The van der Waals surface area contributed by atoms with Crippen LogP contribution < -0.4 is 10.7 Å². The average Bonchev–Trinajstić information content (AvgIpc) is 3.53. The van der Waals surface area contributed by atoms with E-state index < -0.39 is 5.76 Å². The number of aromatic amines is 1. The first-order chi connectivity index (χ1) is 19.3. The zero-order valence-corrected chi connectivity index (χ0v) is 24.0. The number of pyridine rings is 2. The van der Waals surface area contributed by atoms with Gasteiger partial charge >= 0.3 is 5.76 Å². The van der Waals surface area contributed by atoms with Crippen LogP contribution in [0.25, 0.3) is 33.8 Å². The summed E-state index contributed by atoms with van der Waals surface area (Å²) in [6.07, 6.45) is 8.24. The van der Waals surface area contributed by atoms with Crippen LogP contribution >= 0.6 is 11.6 Å². The molecule has 5 heterocycles. The van der Waals surface area contributed by atoms with E-state index in [0.717, 1.165) is 60.3 Å². The van der Waals surface area contributed by atoms with E-state index in [2.05, 4.69) is 56.8 Å². The van der Waals surface area contributed by atoms with Crippen molar-refractivity contribution in [1.29, 1.82) is 0 Å². The van der Waals surface area contributed by atoms with E-state index in [-0.39, 0.29) is 11.9 Å². The predicted octanol–water partition coefficient (Wildman–Crippen LogP) is 5.36. The molecule has 0 aromatic carbocycles. The van der Waals surface area contributed by atoms with Crippen molar-refractivity contribution in [1.82, 2.24) is 34.6 Å². The number of fused-ring (bicyclic) bond motifs is 1. The Labute approximate surface area is 238 Å². The molecule has 1 N–H and O–H groups in total. The number of nitrogens with one attached hydrogen (secondary N) is 1. The fourth-order valence-electron chi connectivity index (χ4n) is 6.11. The molecule has 40 heavy (non-hydrogen) atoms. The minimum absolute atomic E-state index is 0.239. The van der Waals surface area contributed by atoms with Crippen LogP contribution in [0.3, 0.4) is 0 Å². The third kappa shape index (κ3) is 5.12. The number of hydrogen-bond donors (Lipinski definition) is 1. The Hall–Kier alpha value is -3.66. The summed E-state index contributed by atoms with van der Waals surface area (Å²) in [5.41, 5.74) is 4.73. The van der Waals surface area contributed by atoms with E-state index in [1.165, 1.54) is 25.7 Å². The lowest BCUT2D eigenvalue weighted by atomic mass is 9.83. The Morgan fingerprint density at radius 3 is 2.62 bits per heavy atom. The molecule has 10 nitrogen and oxygen atoms in total. The van der Waals surface area contributed by atoms with Gasteiger partial charge in [0.2, 0.25) is 11.8 Å². The van der Waals surface area contributed by atoms with Crippen LogP contribution in [0.15, 0.2) is 46.1 Å². The number of hydrogen-bond acceptors (Lipinski definition) is 8. The molecule has 1 saturated heterocycles. The van der Waals surface area contributed by atoms with E-state index in [4.69, 9.17) is 26.1 Å². The van der Waals surface area contributed by atoms with Gasteiger partial charge in [0.25, 0.3) is 0 Å². The molecule has 4 aromatic rings. The highest BCUT2D eigenvalue weighted by Gasteiger charge is 2.31. The molecule has 1 aliphatic carbocycles. The van der Waals surface area contributed by atoms with Gasteiger partial charge in [-0.2, -0.15) is 0 Å². The number of allylic oxidation sites excluding steroid dienone is 1. The summed E-state index contributed by atoms with van der Waals surface area (Å²) in [7, 11) is 0. The molecule has 4 aromatic heterocycles. The summed E-state index contributed by atoms with van der Waals surface area (Å²) < 4.78 is 7.15. The monoisotopic (exact) mass is 562 g/mol. The van der Waals surface area contributed by atoms with Crippen LogP contribution in [0, 0.1) is 11.8 Å². The summed E-state index contributed by atoms with van der Waals surface area (Å²) in [4.78, 5) is 33.7. The summed E-state index contributed by atoms with van der Waals surface area (Å²) >= 11 is 6.39. The molecular weight excluding hydrogens is 528 g/mol. The van der Waals surface area contributed by atoms with E-state index in [1.807, 2.05) is 12.1 Å². The van der Waals surface area contributed by atoms with Crippen molar-refractivity contribution in [2.24, 2.45) is 11.8 Å². The number of piperazine rings is 1. The fourth-order valence-corrected chi connectivity index (χ4v) is 6.29. The third-order valence-electron chi connectivity index (χ3n) is 8.37. The highest BCUT2D eigenvalue weighted by Crippen LogP contribution is 2.37. The number of imidazole rings is 1. The van der Waals surface area contributed by atoms with Crippen LogP contribution in [0.4, 0.5) is 5.95 Å². The van der Waals surface area contributed by atoms with Gasteiger partial charge < -0.3 is 14.4 Å². The number of H-pyrrole nitrogens is 1. The molecule has 210 valence electrons. The predicted molar refractivity (Wildman–Crippen MR) is 156 cm³/mol. The quantitative estimate of drug-likeness (QED) is 0.334. The second-order valence-corrected chi connectivity index (χ2v) is 11.9. The smallest absolute Gasteiger partial charge is 0.372 e. The Balaban J connectivity index is 1.54. The molecule has 2 fully saturated rings. The van der Waals surface area contributed by atoms with Crippen LogP contribution in [0.2, 0.25) is 5.02 Å². The maximum absolute atomic E-state index is 11.8. The lowest BCUT2D eigenvalue weighted by Gasteiger charge is -2.42. The Kier molecular flexibility index (Phi) is 7.12. The molecule has 0 unspecified atom stereocenters. The van der Waals surface area contributed by atoms with Crippen molar-refractivity contribution in [2.45, 2.75) is 59.0 Å². The van der Waals surface area contributed by atoms with E-state index in [9.17, 15) is 4.79 Å². The van der Waals surface area contributed by atoms with Crippen molar-refractivity contribution in [2.75, 3.05) is 24.5 Å². The van der Waals surface area contributed by atoms with Crippen LogP contribution in [0.5, 0.6) is 0 Å². The second-order valence-electron chi connectivity index (χ2n) is 11.4. The van der Waals surface area contributed by atoms with Gasteiger partial charge in [0, 0.05) is 55.9 Å². The molecule has 1 saturated carbocycles. The van der Waals surface area contributed by atoms with Gasteiger partial charge in [0.1, 0.15) is 5.69 Å². The van der Waals surface area contributed by atoms with Gasteiger partial charge in [0.05, 0.1) is 21.7 Å². The van der Waals surface area contributed by atoms with Gasteiger partial charge in [0.15, 0.2) is 0 Å².